The summed E-state index contributed by atoms with van der Waals surface area (Å²) in [6.07, 6.45) is 1.84. The van der Waals surface area contributed by atoms with Gasteiger partial charge in [0.1, 0.15) is 17.1 Å². The molecule has 4 rings (SSSR count). The van der Waals surface area contributed by atoms with Gasteiger partial charge in [-0.25, -0.2) is 9.37 Å². The number of carbonyl (C=O) groups is 1. The predicted molar refractivity (Wildman–Crippen MR) is 97.5 cm³/mol. The minimum absolute atomic E-state index is 0.0988. The molecule has 4 nitrogen and oxygen atoms in total. The maximum Gasteiger partial charge on any atom is 0.234 e. The van der Waals surface area contributed by atoms with E-state index in [1.54, 1.807) is 35.4 Å². The fourth-order valence-electron chi connectivity index (χ4n) is 2.50. The first kappa shape index (κ1) is 16.0. The number of amides is 1. The van der Waals surface area contributed by atoms with E-state index in [2.05, 4.69) is 4.98 Å². The molecule has 0 fully saturated rings. The molecule has 7 heteroatoms. The van der Waals surface area contributed by atoms with Gasteiger partial charge in [0.15, 0.2) is 5.13 Å². The lowest BCUT2D eigenvalue weighted by Gasteiger charge is -2.18. The molecule has 1 amide bonds. The van der Waals surface area contributed by atoms with Crippen LogP contribution in [0, 0.1) is 5.82 Å². The molecule has 3 heterocycles. The summed E-state index contributed by atoms with van der Waals surface area (Å²) in [4.78, 5) is 19.7. The number of carbonyl (C=O) groups excluding carboxylic acids is 1. The van der Waals surface area contributed by atoms with Crippen LogP contribution in [0.2, 0.25) is 0 Å². The molecule has 0 saturated carbocycles. The van der Waals surface area contributed by atoms with Gasteiger partial charge >= 0.3 is 0 Å². The molecule has 0 aliphatic heterocycles. The maximum atomic E-state index is 14.0. The van der Waals surface area contributed by atoms with Crippen LogP contribution in [0.15, 0.2) is 58.5 Å². The number of benzene rings is 1. The van der Waals surface area contributed by atoms with E-state index in [-0.39, 0.29) is 30.2 Å². The van der Waals surface area contributed by atoms with E-state index in [9.17, 15) is 9.18 Å². The van der Waals surface area contributed by atoms with Crippen LogP contribution >= 0.6 is 22.7 Å². The van der Waals surface area contributed by atoms with Crippen molar-refractivity contribution in [3.8, 4) is 0 Å². The van der Waals surface area contributed by atoms with Crippen molar-refractivity contribution in [3.63, 3.8) is 0 Å². The van der Waals surface area contributed by atoms with Gasteiger partial charge < -0.3 is 4.42 Å². The van der Waals surface area contributed by atoms with E-state index < -0.39 is 0 Å². The van der Waals surface area contributed by atoms with Crippen molar-refractivity contribution < 1.29 is 13.6 Å². The van der Waals surface area contributed by atoms with Crippen LogP contribution in [0.1, 0.15) is 10.6 Å². The highest BCUT2D eigenvalue weighted by atomic mass is 32.1. The Bertz CT molecular complexity index is 994. The van der Waals surface area contributed by atoms with Gasteiger partial charge in [-0.15, -0.1) is 11.3 Å². The van der Waals surface area contributed by atoms with Crippen LogP contribution < -0.4 is 4.90 Å². The summed E-state index contributed by atoms with van der Waals surface area (Å²) in [5, 5.41) is 2.41. The molecule has 3 aromatic heterocycles. The smallest absolute Gasteiger partial charge is 0.234 e. The molecule has 0 unspecified atom stereocenters. The largest absolute Gasteiger partial charge is 0.467 e. The maximum absolute atomic E-state index is 14.0. The van der Waals surface area contributed by atoms with Gasteiger partial charge in [0.25, 0.3) is 0 Å². The van der Waals surface area contributed by atoms with Crippen molar-refractivity contribution in [2.24, 2.45) is 0 Å². The number of halogens is 1. The number of hydrogen-bond acceptors (Lipinski definition) is 5. The summed E-state index contributed by atoms with van der Waals surface area (Å²) in [6.45, 7) is 0.263. The van der Waals surface area contributed by atoms with Crippen molar-refractivity contribution in [1.82, 2.24) is 4.98 Å². The average Bonchev–Trinajstić information content (AvgIpc) is 3.34. The third-order valence-electron chi connectivity index (χ3n) is 3.69. The zero-order valence-electron chi connectivity index (χ0n) is 13.0. The highest BCUT2D eigenvalue weighted by Gasteiger charge is 2.22. The van der Waals surface area contributed by atoms with Gasteiger partial charge in [-0.3, -0.25) is 9.69 Å². The molecular weight excluding hydrogens is 359 g/mol. The van der Waals surface area contributed by atoms with E-state index in [0.717, 1.165) is 4.88 Å². The molecule has 25 heavy (non-hydrogen) atoms. The highest BCUT2D eigenvalue weighted by Crippen LogP contribution is 2.31. The Hall–Kier alpha value is -2.51. The Morgan fingerprint density at radius 3 is 2.84 bits per heavy atom. The second-order valence-corrected chi connectivity index (χ2v) is 7.44. The van der Waals surface area contributed by atoms with Gasteiger partial charge in [0.2, 0.25) is 5.91 Å². The normalized spacial score (nSPS) is 11.1. The van der Waals surface area contributed by atoms with Gasteiger partial charge in [-0.1, -0.05) is 23.5 Å². The molecular formula is C18H13FN2O2S2. The molecule has 0 radical (unpaired) electrons. The lowest BCUT2D eigenvalue weighted by Crippen LogP contribution is -2.31. The Kier molecular flexibility index (Phi) is 4.33. The van der Waals surface area contributed by atoms with Gasteiger partial charge in [0, 0.05) is 4.88 Å². The lowest BCUT2D eigenvalue weighted by molar-refractivity contribution is -0.118. The van der Waals surface area contributed by atoms with Crippen LogP contribution in [-0.4, -0.2) is 10.9 Å². The summed E-state index contributed by atoms with van der Waals surface area (Å²) in [7, 11) is 0. The summed E-state index contributed by atoms with van der Waals surface area (Å²) in [6, 6.07) is 12.2. The van der Waals surface area contributed by atoms with E-state index in [0.29, 0.717) is 15.6 Å². The summed E-state index contributed by atoms with van der Waals surface area (Å²) in [5.41, 5.74) is 0.288. The number of furan rings is 1. The second-order valence-electron chi connectivity index (χ2n) is 5.40. The van der Waals surface area contributed by atoms with E-state index in [4.69, 9.17) is 4.42 Å². The summed E-state index contributed by atoms with van der Waals surface area (Å²) in [5.74, 6) is 0.168. The number of thiophene rings is 1. The number of nitrogens with zero attached hydrogens (tertiary/aromatic N) is 2. The minimum Gasteiger partial charge on any atom is -0.467 e. The SMILES string of the molecule is O=C(Cc1cccs1)N(Cc1ccco1)c1nc2c(F)cccc2s1. The summed E-state index contributed by atoms with van der Waals surface area (Å²) >= 11 is 2.83. The third kappa shape index (κ3) is 3.33. The predicted octanol–water partition coefficient (Wildman–Crippen LogP) is 4.87. The molecule has 4 aromatic rings. The number of fused-ring (bicyclic) bond motifs is 1. The molecule has 0 aliphatic carbocycles. The Morgan fingerprint density at radius 1 is 1.20 bits per heavy atom. The zero-order valence-corrected chi connectivity index (χ0v) is 14.6. The van der Waals surface area contributed by atoms with Gasteiger partial charge in [-0.2, -0.15) is 0 Å². The summed E-state index contributed by atoms with van der Waals surface area (Å²) < 4.78 is 20.1. The molecule has 0 spiro atoms. The Morgan fingerprint density at radius 2 is 2.12 bits per heavy atom. The monoisotopic (exact) mass is 372 g/mol. The molecule has 0 atom stereocenters. The Labute approximate surface area is 151 Å². The molecule has 0 bridgehead atoms. The quantitative estimate of drug-likeness (QED) is 0.502. The van der Waals surface area contributed by atoms with Crippen LogP contribution in [0.5, 0.6) is 0 Å². The number of thiazole rings is 1. The average molecular weight is 372 g/mol. The van der Waals surface area contributed by atoms with E-state index in [1.807, 2.05) is 17.5 Å². The number of aromatic nitrogens is 1. The number of rotatable bonds is 5. The van der Waals surface area contributed by atoms with Crippen molar-refractivity contribution in [2.45, 2.75) is 13.0 Å². The highest BCUT2D eigenvalue weighted by molar-refractivity contribution is 7.22. The first-order chi connectivity index (χ1) is 12.2. The topological polar surface area (TPSA) is 46.3 Å². The first-order valence-electron chi connectivity index (χ1n) is 7.61. The fourth-order valence-corrected chi connectivity index (χ4v) is 4.19. The van der Waals surface area contributed by atoms with Crippen molar-refractivity contribution in [2.75, 3.05) is 4.90 Å². The Balaban J connectivity index is 1.70. The first-order valence-corrected chi connectivity index (χ1v) is 9.30. The van der Waals surface area contributed by atoms with Crippen LogP contribution in [0.25, 0.3) is 10.2 Å². The zero-order chi connectivity index (χ0) is 17.2. The lowest BCUT2D eigenvalue weighted by atomic mass is 10.3. The van der Waals surface area contributed by atoms with Gasteiger partial charge in [0.05, 0.1) is 23.9 Å². The number of para-hydroxylation sites is 1. The van der Waals surface area contributed by atoms with Crippen LogP contribution in [0.3, 0.4) is 0 Å². The minimum atomic E-state index is -0.386. The van der Waals surface area contributed by atoms with Crippen molar-refractivity contribution in [1.29, 1.82) is 0 Å². The second kappa shape index (κ2) is 6.78. The van der Waals surface area contributed by atoms with Crippen molar-refractivity contribution in [3.05, 3.63) is 70.6 Å². The van der Waals surface area contributed by atoms with Crippen LogP contribution in [-0.2, 0) is 17.8 Å². The number of hydrogen-bond donors (Lipinski definition) is 0. The fraction of sp³-hybridized carbons (Fsp3) is 0.111. The van der Waals surface area contributed by atoms with E-state index >= 15 is 0 Å². The standard InChI is InChI=1S/C18H13FN2O2S2/c19-14-6-1-7-15-17(14)20-18(25-15)21(11-12-4-2-8-23-12)16(22)10-13-5-3-9-24-13/h1-9H,10-11H2. The van der Waals surface area contributed by atoms with Crippen molar-refractivity contribution >= 4 is 43.9 Å². The third-order valence-corrected chi connectivity index (χ3v) is 5.61. The molecule has 0 aliphatic rings. The molecule has 1 aromatic carbocycles. The molecule has 0 N–H and O–H groups in total. The number of anilines is 1. The molecule has 0 saturated heterocycles. The molecule has 126 valence electrons. The van der Waals surface area contributed by atoms with Crippen LogP contribution in [0.4, 0.5) is 9.52 Å². The van der Waals surface area contributed by atoms with Gasteiger partial charge in [-0.05, 0) is 35.7 Å². The van der Waals surface area contributed by atoms with E-state index in [1.165, 1.54) is 28.7 Å².